The molecule has 0 fully saturated rings. The number of nitrogens with zero attached hydrogens (tertiary/aromatic N) is 2. The summed E-state index contributed by atoms with van der Waals surface area (Å²) < 4.78 is 61.4. The van der Waals surface area contributed by atoms with Crippen LogP contribution in [0, 0.1) is 25.5 Å². The highest BCUT2D eigenvalue weighted by atomic mass is 32.2. The molecule has 0 saturated heterocycles. The highest BCUT2D eigenvalue weighted by Gasteiger charge is 2.36. The number of methoxy groups -OCH3 is 1. The summed E-state index contributed by atoms with van der Waals surface area (Å²) in [5.74, 6) is -2.25. The van der Waals surface area contributed by atoms with Crippen LogP contribution < -0.4 is 0 Å². The van der Waals surface area contributed by atoms with E-state index in [4.69, 9.17) is 4.74 Å². The average molecular weight is 505 g/mol. The molecule has 0 aliphatic carbocycles. The van der Waals surface area contributed by atoms with E-state index in [-0.39, 0.29) is 22.7 Å². The fraction of sp³-hybridized carbons (Fsp3) is 0.280. The highest BCUT2D eigenvalue weighted by molar-refractivity contribution is 7.89. The summed E-state index contributed by atoms with van der Waals surface area (Å²) in [6, 6.07) is 8.30. The smallest absolute Gasteiger partial charge is 0.354 e. The monoisotopic (exact) mass is 504 g/mol. The van der Waals surface area contributed by atoms with Crippen LogP contribution in [0.15, 0.2) is 53.4 Å². The van der Waals surface area contributed by atoms with E-state index in [9.17, 15) is 26.8 Å². The average Bonchev–Trinajstić information content (AvgIpc) is 3.05. The highest BCUT2D eigenvalue weighted by Crippen LogP contribution is 2.28. The van der Waals surface area contributed by atoms with Gasteiger partial charge in [0.05, 0.1) is 18.0 Å². The molecule has 1 atom stereocenters. The summed E-state index contributed by atoms with van der Waals surface area (Å²) in [5, 5.41) is 0. The van der Waals surface area contributed by atoms with Crippen molar-refractivity contribution >= 4 is 21.8 Å². The Balaban J connectivity index is 2.11. The van der Waals surface area contributed by atoms with Crippen molar-refractivity contribution < 1.29 is 31.5 Å². The largest absolute Gasteiger partial charge is 0.464 e. The third kappa shape index (κ3) is 5.03. The number of carbonyl (C=O) groups is 2. The number of aromatic nitrogens is 1. The van der Waals surface area contributed by atoms with Gasteiger partial charge in [-0.3, -0.25) is 4.79 Å². The van der Waals surface area contributed by atoms with Crippen LogP contribution in [0.3, 0.4) is 0 Å². The minimum Gasteiger partial charge on any atom is -0.464 e. The van der Waals surface area contributed by atoms with Crippen molar-refractivity contribution in [3.8, 4) is 0 Å². The summed E-state index contributed by atoms with van der Waals surface area (Å²) in [6.07, 6.45) is 0. The molecular formula is C25H26F2N2O5S. The van der Waals surface area contributed by atoms with Gasteiger partial charge < -0.3 is 9.30 Å². The molecular weight excluding hydrogens is 478 g/mol. The van der Waals surface area contributed by atoms with Gasteiger partial charge in [0.15, 0.2) is 5.78 Å². The number of sulfonamides is 1. The Morgan fingerprint density at radius 2 is 1.51 bits per heavy atom. The van der Waals surface area contributed by atoms with Crippen LogP contribution in [-0.4, -0.2) is 42.2 Å². The molecule has 7 nitrogen and oxygen atoms in total. The lowest BCUT2D eigenvalue weighted by Crippen LogP contribution is -2.43. The van der Waals surface area contributed by atoms with Crippen molar-refractivity contribution in [2.45, 2.75) is 38.3 Å². The molecule has 0 bridgehead atoms. The molecule has 10 heteroatoms. The number of rotatable bonds is 8. The van der Waals surface area contributed by atoms with Gasteiger partial charge >= 0.3 is 5.97 Å². The van der Waals surface area contributed by atoms with E-state index in [2.05, 4.69) is 0 Å². The molecule has 0 radical (unpaired) electrons. The number of hydrogen-bond donors (Lipinski definition) is 0. The fourth-order valence-electron chi connectivity index (χ4n) is 4.01. The predicted octanol–water partition coefficient (Wildman–Crippen LogP) is 4.17. The zero-order chi connectivity index (χ0) is 26.1. The molecule has 3 aromatic rings. The van der Waals surface area contributed by atoms with Gasteiger partial charge in [-0.1, -0.05) is 12.1 Å². The lowest BCUT2D eigenvalue weighted by Gasteiger charge is -2.28. The lowest BCUT2D eigenvalue weighted by molar-refractivity contribution is 0.0588. The molecule has 0 aliphatic heterocycles. The Morgan fingerprint density at radius 1 is 1.00 bits per heavy atom. The molecule has 2 aromatic carbocycles. The minimum absolute atomic E-state index is 0.187. The van der Waals surface area contributed by atoms with E-state index < -0.39 is 39.5 Å². The number of ketones is 1. The third-order valence-electron chi connectivity index (χ3n) is 6.04. The van der Waals surface area contributed by atoms with Gasteiger partial charge in [-0.05, 0) is 68.3 Å². The number of benzene rings is 2. The number of halogens is 2. The van der Waals surface area contributed by atoms with Crippen molar-refractivity contribution in [2.75, 3.05) is 7.11 Å². The normalized spacial score (nSPS) is 12.6. The van der Waals surface area contributed by atoms with E-state index >= 15 is 0 Å². The molecule has 1 unspecified atom stereocenters. The number of esters is 1. The summed E-state index contributed by atoms with van der Waals surface area (Å²) in [6.45, 7) is 4.45. The number of ether oxygens (including phenoxy) is 1. The van der Waals surface area contributed by atoms with Crippen molar-refractivity contribution in [1.29, 1.82) is 0 Å². The molecule has 0 aliphatic rings. The number of carbonyl (C=O) groups excluding carboxylic acids is 2. The fourth-order valence-corrected chi connectivity index (χ4v) is 5.59. The van der Waals surface area contributed by atoms with Gasteiger partial charge in [0.1, 0.15) is 17.3 Å². The van der Waals surface area contributed by atoms with Crippen molar-refractivity contribution in [2.24, 2.45) is 7.05 Å². The van der Waals surface area contributed by atoms with Crippen LogP contribution in [-0.2, 0) is 28.4 Å². The van der Waals surface area contributed by atoms with Gasteiger partial charge in [-0.25, -0.2) is 22.0 Å². The molecule has 35 heavy (non-hydrogen) atoms. The maximum atomic E-state index is 13.7. The zero-order valence-corrected chi connectivity index (χ0v) is 20.8. The lowest BCUT2D eigenvalue weighted by atomic mass is 10.0. The second-order valence-electron chi connectivity index (χ2n) is 8.16. The first-order valence-electron chi connectivity index (χ1n) is 10.7. The summed E-state index contributed by atoms with van der Waals surface area (Å²) in [4.78, 5) is 25.8. The molecule has 0 spiro atoms. The van der Waals surface area contributed by atoms with Crippen LogP contribution in [0.25, 0.3) is 0 Å². The summed E-state index contributed by atoms with van der Waals surface area (Å²) in [7, 11) is -1.43. The first kappa shape index (κ1) is 26.2. The van der Waals surface area contributed by atoms with Crippen LogP contribution >= 0.6 is 0 Å². The van der Waals surface area contributed by atoms with Crippen molar-refractivity contribution in [1.82, 2.24) is 8.87 Å². The van der Waals surface area contributed by atoms with Crippen LogP contribution in [0.2, 0.25) is 0 Å². The van der Waals surface area contributed by atoms with Gasteiger partial charge in [-0.2, -0.15) is 4.31 Å². The summed E-state index contributed by atoms with van der Waals surface area (Å²) in [5.41, 5.74) is 1.69. The van der Waals surface area contributed by atoms with E-state index in [0.717, 1.165) is 28.6 Å². The van der Waals surface area contributed by atoms with E-state index in [0.29, 0.717) is 16.8 Å². The first-order chi connectivity index (χ1) is 16.4. The minimum atomic E-state index is -4.27. The standard InChI is InChI=1S/C25H26F2N2O5S/c1-15-22(16(2)28(4)23(15)25(31)34-5)24(30)17(3)29(14-18-6-8-19(26)9-7-18)35(32,33)21-12-10-20(27)11-13-21/h6-13,17H,14H2,1-5H3. The first-order valence-corrected chi connectivity index (χ1v) is 12.1. The van der Waals surface area contributed by atoms with Gasteiger partial charge in [0.2, 0.25) is 10.0 Å². The quantitative estimate of drug-likeness (QED) is 0.340. The molecule has 0 saturated carbocycles. The second kappa shape index (κ2) is 10.1. The van der Waals surface area contributed by atoms with Crippen LogP contribution in [0.5, 0.6) is 0 Å². The van der Waals surface area contributed by atoms with E-state index in [1.165, 1.54) is 42.9 Å². The van der Waals surface area contributed by atoms with Crippen molar-refractivity contribution in [3.63, 3.8) is 0 Å². The van der Waals surface area contributed by atoms with E-state index in [1.54, 1.807) is 20.9 Å². The number of hydrogen-bond acceptors (Lipinski definition) is 5. The third-order valence-corrected chi connectivity index (χ3v) is 7.97. The Bertz CT molecular complexity index is 1360. The van der Waals surface area contributed by atoms with Crippen molar-refractivity contribution in [3.05, 3.63) is 88.2 Å². The SMILES string of the molecule is COC(=O)c1c(C)c(C(=O)C(C)N(Cc2ccc(F)cc2)S(=O)(=O)c2ccc(F)cc2)c(C)n1C. The Labute approximate surface area is 203 Å². The molecule has 0 amide bonds. The van der Waals surface area contributed by atoms with Gasteiger partial charge in [0.25, 0.3) is 0 Å². The Morgan fingerprint density at radius 3 is 2.03 bits per heavy atom. The summed E-state index contributed by atoms with van der Waals surface area (Å²) >= 11 is 0. The van der Waals surface area contributed by atoms with Gasteiger partial charge in [-0.15, -0.1) is 0 Å². The van der Waals surface area contributed by atoms with Crippen LogP contribution in [0.4, 0.5) is 8.78 Å². The maximum absolute atomic E-state index is 13.7. The van der Waals surface area contributed by atoms with E-state index in [1.807, 2.05) is 0 Å². The van der Waals surface area contributed by atoms with Gasteiger partial charge in [0, 0.05) is 24.8 Å². The predicted molar refractivity (Wildman–Crippen MR) is 126 cm³/mol. The Kier molecular flexibility index (Phi) is 7.56. The molecule has 3 rings (SSSR count). The molecule has 1 heterocycles. The molecule has 1 aromatic heterocycles. The number of Topliss-reactive ketones (excluding diaryl/α,β-unsaturated/α-hetero) is 1. The second-order valence-corrected chi connectivity index (χ2v) is 10.0. The van der Waals surface area contributed by atoms with Crippen LogP contribution in [0.1, 0.15) is 44.6 Å². The zero-order valence-electron chi connectivity index (χ0n) is 20.0. The molecule has 0 N–H and O–H groups in total. The topological polar surface area (TPSA) is 85.7 Å². The Hall–Kier alpha value is -3.37. The molecule has 186 valence electrons. The maximum Gasteiger partial charge on any atom is 0.354 e.